The topological polar surface area (TPSA) is 56.7 Å². The fourth-order valence-corrected chi connectivity index (χ4v) is 3.10. The zero-order valence-corrected chi connectivity index (χ0v) is 15.5. The molecule has 1 saturated heterocycles. The first-order chi connectivity index (χ1) is 11.1. The molecular formula is C18H36N4O. The molecule has 0 aromatic heterocycles. The molecule has 1 fully saturated rings. The van der Waals surface area contributed by atoms with Crippen LogP contribution in [-0.4, -0.2) is 49.0 Å². The summed E-state index contributed by atoms with van der Waals surface area (Å²) in [6.45, 7) is 8.12. The van der Waals surface area contributed by atoms with E-state index >= 15 is 0 Å². The van der Waals surface area contributed by atoms with Gasteiger partial charge in [0.25, 0.3) is 0 Å². The van der Waals surface area contributed by atoms with Gasteiger partial charge in [-0.3, -0.25) is 9.79 Å². The van der Waals surface area contributed by atoms with Crippen LogP contribution in [0.5, 0.6) is 0 Å². The van der Waals surface area contributed by atoms with Crippen LogP contribution in [0.3, 0.4) is 0 Å². The smallest absolute Gasteiger partial charge is 0.224 e. The van der Waals surface area contributed by atoms with Crippen LogP contribution in [0.1, 0.15) is 72.1 Å². The predicted octanol–water partition coefficient (Wildman–Crippen LogP) is 2.91. The lowest BCUT2D eigenvalue weighted by atomic mass is 10.0. The van der Waals surface area contributed by atoms with Crippen molar-refractivity contribution in [1.82, 2.24) is 15.5 Å². The molecular weight excluding hydrogens is 288 g/mol. The third kappa shape index (κ3) is 7.71. The zero-order chi connectivity index (χ0) is 17.1. The quantitative estimate of drug-likeness (QED) is 0.410. The van der Waals surface area contributed by atoms with Gasteiger partial charge in [-0.1, -0.05) is 26.2 Å². The maximum atomic E-state index is 12.3. The monoisotopic (exact) mass is 324 g/mol. The Morgan fingerprint density at radius 2 is 2.13 bits per heavy atom. The highest BCUT2D eigenvalue weighted by atomic mass is 16.2. The van der Waals surface area contributed by atoms with E-state index in [9.17, 15) is 4.79 Å². The number of hydrogen-bond donors (Lipinski definition) is 2. The van der Waals surface area contributed by atoms with Crippen molar-refractivity contribution >= 4 is 11.9 Å². The molecule has 5 heteroatoms. The zero-order valence-electron chi connectivity index (χ0n) is 15.5. The van der Waals surface area contributed by atoms with Crippen molar-refractivity contribution in [3.63, 3.8) is 0 Å². The van der Waals surface area contributed by atoms with Gasteiger partial charge in [-0.15, -0.1) is 0 Å². The minimum absolute atomic E-state index is 0.260. The third-order valence-corrected chi connectivity index (χ3v) is 4.60. The number of nitrogens with one attached hydrogen (secondary N) is 2. The van der Waals surface area contributed by atoms with Gasteiger partial charge in [-0.05, 0) is 39.5 Å². The number of nitrogens with zero attached hydrogens (tertiary/aromatic N) is 2. The van der Waals surface area contributed by atoms with Gasteiger partial charge in [0.1, 0.15) is 0 Å². The first-order valence-corrected chi connectivity index (χ1v) is 9.35. The Labute approximate surface area is 142 Å². The molecule has 2 unspecified atom stereocenters. The lowest BCUT2D eigenvalue weighted by Crippen LogP contribution is -2.45. The Balaban J connectivity index is 2.25. The maximum Gasteiger partial charge on any atom is 0.224 e. The average molecular weight is 325 g/mol. The van der Waals surface area contributed by atoms with Crippen molar-refractivity contribution < 1.29 is 4.79 Å². The lowest BCUT2D eigenvalue weighted by molar-refractivity contribution is -0.134. The first kappa shape index (κ1) is 19.8. The molecule has 1 aliphatic rings. The van der Waals surface area contributed by atoms with Gasteiger partial charge in [-0.2, -0.15) is 0 Å². The van der Waals surface area contributed by atoms with E-state index in [2.05, 4.69) is 36.4 Å². The van der Waals surface area contributed by atoms with Crippen molar-refractivity contribution in [2.75, 3.05) is 20.1 Å². The molecule has 1 heterocycles. The number of unbranched alkanes of at least 4 members (excludes halogenated alkanes) is 2. The number of amides is 1. The van der Waals surface area contributed by atoms with Gasteiger partial charge in [0.15, 0.2) is 5.96 Å². The highest BCUT2D eigenvalue weighted by Crippen LogP contribution is 2.16. The summed E-state index contributed by atoms with van der Waals surface area (Å²) in [5.74, 6) is 1.06. The van der Waals surface area contributed by atoms with Crippen LogP contribution in [0.2, 0.25) is 0 Å². The van der Waals surface area contributed by atoms with Crippen LogP contribution in [-0.2, 0) is 4.79 Å². The van der Waals surface area contributed by atoms with Gasteiger partial charge in [0, 0.05) is 38.6 Å². The molecule has 1 rings (SSSR count). The van der Waals surface area contributed by atoms with E-state index in [1.807, 2.05) is 4.90 Å². The number of carbonyl (C=O) groups excluding carboxylic acids is 1. The fourth-order valence-electron chi connectivity index (χ4n) is 3.10. The number of rotatable bonds is 8. The number of carbonyl (C=O) groups is 1. The second-order valence-electron chi connectivity index (χ2n) is 6.72. The molecule has 2 atom stereocenters. The SMILES string of the molecule is CCCCCC(C)NC(=NC)NCCC(=O)N1CCCCC1C. The summed E-state index contributed by atoms with van der Waals surface area (Å²) < 4.78 is 0. The third-order valence-electron chi connectivity index (χ3n) is 4.60. The summed E-state index contributed by atoms with van der Waals surface area (Å²) in [4.78, 5) is 18.6. The van der Waals surface area contributed by atoms with E-state index < -0.39 is 0 Å². The largest absolute Gasteiger partial charge is 0.356 e. The molecule has 0 bridgehead atoms. The van der Waals surface area contributed by atoms with Crippen molar-refractivity contribution in [3.8, 4) is 0 Å². The van der Waals surface area contributed by atoms with Crippen LogP contribution in [0.25, 0.3) is 0 Å². The van der Waals surface area contributed by atoms with Crippen LogP contribution in [0, 0.1) is 0 Å². The molecule has 0 saturated carbocycles. The minimum Gasteiger partial charge on any atom is -0.356 e. The maximum absolute atomic E-state index is 12.3. The van der Waals surface area contributed by atoms with Gasteiger partial charge < -0.3 is 15.5 Å². The van der Waals surface area contributed by atoms with Crippen molar-refractivity contribution in [1.29, 1.82) is 0 Å². The predicted molar refractivity (Wildman–Crippen MR) is 97.7 cm³/mol. The van der Waals surface area contributed by atoms with E-state index in [0.29, 0.717) is 25.0 Å². The van der Waals surface area contributed by atoms with Crippen LogP contribution in [0.4, 0.5) is 0 Å². The number of piperidine rings is 1. The minimum atomic E-state index is 0.260. The summed E-state index contributed by atoms with van der Waals surface area (Å²) in [6.07, 6.45) is 8.98. The molecule has 5 nitrogen and oxygen atoms in total. The molecule has 1 amide bonds. The molecule has 0 aromatic carbocycles. The number of hydrogen-bond acceptors (Lipinski definition) is 2. The van der Waals surface area contributed by atoms with Gasteiger partial charge in [0.2, 0.25) is 5.91 Å². The standard InChI is InChI=1S/C18H36N4O/c1-5-6-7-10-15(2)21-18(19-4)20-13-12-17(23)22-14-9-8-11-16(22)3/h15-16H,5-14H2,1-4H3,(H2,19,20,21). The van der Waals surface area contributed by atoms with Crippen molar-refractivity contribution in [2.45, 2.75) is 84.2 Å². The number of aliphatic imine (C=N–C) groups is 1. The van der Waals surface area contributed by atoms with Crippen LogP contribution in [0.15, 0.2) is 4.99 Å². The van der Waals surface area contributed by atoms with E-state index in [4.69, 9.17) is 0 Å². The molecule has 1 aliphatic heterocycles. The Kier molecular flexibility index (Phi) is 9.72. The molecule has 0 aliphatic carbocycles. The molecule has 2 N–H and O–H groups in total. The van der Waals surface area contributed by atoms with Crippen LogP contribution < -0.4 is 10.6 Å². The number of guanidine groups is 1. The average Bonchev–Trinajstić information content (AvgIpc) is 2.54. The first-order valence-electron chi connectivity index (χ1n) is 9.35. The fraction of sp³-hybridized carbons (Fsp3) is 0.889. The molecule has 0 radical (unpaired) electrons. The summed E-state index contributed by atoms with van der Waals surface area (Å²) in [5.41, 5.74) is 0. The second kappa shape index (κ2) is 11.3. The van der Waals surface area contributed by atoms with Gasteiger partial charge in [-0.25, -0.2) is 0 Å². The molecule has 0 aromatic rings. The normalized spacial score (nSPS) is 20.3. The van der Waals surface area contributed by atoms with Gasteiger partial charge in [0.05, 0.1) is 0 Å². The molecule has 134 valence electrons. The Morgan fingerprint density at radius 1 is 1.35 bits per heavy atom. The Morgan fingerprint density at radius 3 is 2.78 bits per heavy atom. The van der Waals surface area contributed by atoms with Crippen molar-refractivity contribution in [2.24, 2.45) is 4.99 Å². The lowest BCUT2D eigenvalue weighted by Gasteiger charge is -2.33. The molecule has 0 spiro atoms. The summed E-state index contributed by atoms with van der Waals surface area (Å²) >= 11 is 0. The van der Waals surface area contributed by atoms with E-state index in [1.54, 1.807) is 7.05 Å². The summed E-state index contributed by atoms with van der Waals surface area (Å²) in [5, 5.41) is 6.67. The van der Waals surface area contributed by atoms with Crippen LogP contribution >= 0.6 is 0 Å². The van der Waals surface area contributed by atoms with E-state index in [-0.39, 0.29) is 5.91 Å². The van der Waals surface area contributed by atoms with Crippen molar-refractivity contribution in [3.05, 3.63) is 0 Å². The highest BCUT2D eigenvalue weighted by Gasteiger charge is 2.22. The van der Waals surface area contributed by atoms with Gasteiger partial charge >= 0.3 is 0 Å². The van der Waals surface area contributed by atoms with E-state index in [1.165, 1.54) is 25.7 Å². The highest BCUT2D eigenvalue weighted by molar-refractivity contribution is 5.81. The number of likely N-dealkylation sites (tertiary alicyclic amines) is 1. The second-order valence-corrected chi connectivity index (χ2v) is 6.72. The molecule has 23 heavy (non-hydrogen) atoms. The Hall–Kier alpha value is -1.26. The summed E-state index contributed by atoms with van der Waals surface area (Å²) in [6, 6.07) is 0.804. The summed E-state index contributed by atoms with van der Waals surface area (Å²) in [7, 11) is 1.78. The Bertz CT molecular complexity index is 370. The van der Waals surface area contributed by atoms with E-state index in [0.717, 1.165) is 31.8 Å².